The van der Waals surface area contributed by atoms with Crippen LogP contribution in [-0.2, 0) is 6.54 Å². The predicted octanol–water partition coefficient (Wildman–Crippen LogP) is 0.746. The fourth-order valence-electron chi connectivity index (χ4n) is 2.20. The van der Waals surface area contributed by atoms with Gasteiger partial charge in [-0.05, 0) is 20.3 Å². The average molecular weight is 237 g/mol. The monoisotopic (exact) mass is 237 g/mol. The lowest BCUT2D eigenvalue weighted by molar-refractivity contribution is 0.0762. The second-order valence-electron chi connectivity index (χ2n) is 4.63. The van der Waals surface area contributed by atoms with Crippen molar-refractivity contribution in [2.24, 2.45) is 5.92 Å². The van der Waals surface area contributed by atoms with Gasteiger partial charge in [-0.25, -0.2) is 0 Å². The molecule has 1 aromatic rings. The molecule has 0 saturated carbocycles. The first-order chi connectivity index (χ1) is 8.11. The molecular formula is C12H19N3O2. The van der Waals surface area contributed by atoms with Gasteiger partial charge in [-0.15, -0.1) is 0 Å². The highest BCUT2D eigenvalue weighted by molar-refractivity contribution is 5.93. The first kappa shape index (κ1) is 12.1. The van der Waals surface area contributed by atoms with Crippen molar-refractivity contribution >= 4 is 5.91 Å². The molecule has 2 atom stereocenters. The third kappa shape index (κ3) is 2.49. The Morgan fingerprint density at radius 2 is 2.47 bits per heavy atom. The van der Waals surface area contributed by atoms with E-state index in [0.717, 1.165) is 19.5 Å². The lowest BCUT2D eigenvalue weighted by atomic mass is 10.0. The number of likely N-dealkylation sites (tertiary alicyclic amines) is 1. The summed E-state index contributed by atoms with van der Waals surface area (Å²) in [6.07, 6.45) is 3.93. The molecule has 0 bridgehead atoms. The molecule has 2 rings (SSSR count). The third-order valence-electron chi connectivity index (χ3n) is 3.40. The van der Waals surface area contributed by atoms with Crippen LogP contribution in [0.2, 0.25) is 0 Å². The van der Waals surface area contributed by atoms with Crippen LogP contribution in [-0.4, -0.2) is 44.9 Å². The highest BCUT2D eigenvalue weighted by Gasteiger charge is 2.29. The standard InChI is InChI=1S/C12H19N3O2/c1-3-15-8-11(6-13-15)12(17)14-5-4-10(7-14)9(2)16/h6,8-10,16H,3-5,7H2,1-2H3. The van der Waals surface area contributed by atoms with Gasteiger partial charge < -0.3 is 10.0 Å². The molecule has 2 heterocycles. The van der Waals surface area contributed by atoms with Gasteiger partial charge in [0.15, 0.2) is 0 Å². The Labute approximate surface area is 101 Å². The summed E-state index contributed by atoms with van der Waals surface area (Å²) < 4.78 is 1.75. The number of aromatic nitrogens is 2. The number of hydrogen-bond acceptors (Lipinski definition) is 3. The lowest BCUT2D eigenvalue weighted by Crippen LogP contribution is -2.30. The molecule has 1 fully saturated rings. The Kier molecular flexibility index (Phi) is 3.47. The summed E-state index contributed by atoms with van der Waals surface area (Å²) in [7, 11) is 0. The maximum Gasteiger partial charge on any atom is 0.257 e. The van der Waals surface area contributed by atoms with Crippen molar-refractivity contribution in [3.05, 3.63) is 18.0 Å². The second-order valence-corrected chi connectivity index (χ2v) is 4.63. The highest BCUT2D eigenvalue weighted by Crippen LogP contribution is 2.21. The molecule has 1 aliphatic rings. The third-order valence-corrected chi connectivity index (χ3v) is 3.40. The number of rotatable bonds is 3. The van der Waals surface area contributed by atoms with Crippen molar-refractivity contribution in [1.29, 1.82) is 0 Å². The minimum absolute atomic E-state index is 0.0212. The Hall–Kier alpha value is -1.36. The van der Waals surface area contributed by atoms with Crippen LogP contribution < -0.4 is 0 Å². The van der Waals surface area contributed by atoms with Crippen LogP contribution in [0.15, 0.2) is 12.4 Å². The quantitative estimate of drug-likeness (QED) is 0.843. The van der Waals surface area contributed by atoms with Gasteiger partial charge in [0.05, 0.1) is 17.9 Å². The zero-order valence-electron chi connectivity index (χ0n) is 10.3. The maximum atomic E-state index is 12.1. The van der Waals surface area contributed by atoms with Gasteiger partial charge in [-0.2, -0.15) is 5.10 Å². The van der Waals surface area contributed by atoms with Crippen molar-refractivity contribution in [3.63, 3.8) is 0 Å². The molecule has 0 radical (unpaired) electrons. The number of aliphatic hydroxyl groups is 1. The van der Waals surface area contributed by atoms with Gasteiger partial charge in [0, 0.05) is 31.7 Å². The fourth-order valence-corrected chi connectivity index (χ4v) is 2.20. The van der Waals surface area contributed by atoms with E-state index in [1.54, 1.807) is 28.9 Å². The minimum Gasteiger partial charge on any atom is -0.393 e. The molecule has 0 aromatic carbocycles. The molecule has 1 aromatic heterocycles. The summed E-state index contributed by atoms with van der Waals surface area (Å²) >= 11 is 0. The van der Waals surface area contributed by atoms with Gasteiger partial charge in [-0.3, -0.25) is 9.48 Å². The molecular weight excluding hydrogens is 218 g/mol. The summed E-state index contributed by atoms with van der Waals surface area (Å²) in [5.74, 6) is 0.230. The number of nitrogens with zero attached hydrogens (tertiary/aromatic N) is 3. The van der Waals surface area contributed by atoms with E-state index in [4.69, 9.17) is 0 Å². The van der Waals surface area contributed by atoms with Crippen molar-refractivity contribution in [2.75, 3.05) is 13.1 Å². The van der Waals surface area contributed by atoms with Gasteiger partial charge in [-0.1, -0.05) is 0 Å². The summed E-state index contributed by atoms with van der Waals surface area (Å²) in [5, 5.41) is 13.6. The summed E-state index contributed by atoms with van der Waals surface area (Å²) in [6, 6.07) is 0. The van der Waals surface area contributed by atoms with E-state index < -0.39 is 0 Å². The molecule has 0 aliphatic carbocycles. The molecule has 2 unspecified atom stereocenters. The molecule has 1 amide bonds. The van der Waals surface area contributed by atoms with Crippen molar-refractivity contribution in [3.8, 4) is 0 Å². The van der Waals surface area contributed by atoms with Gasteiger partial charge in [0.1, 0.15) is 0 Å². The fraction of sp³-hybridized carbons (Fsp3) is 0.667. The summed E-state index contributed by atoms with van der Waals surface area (Å²) in [4.78, 5) is 13.9. The van der Waals surface area contributed by atoms with Gasteiger partial charge in [0.25, 0.3) is 5.91 Å². The van der Waals surface area contributed by atoms with Crippen LogP contribution in [0.4, 0.5) is 0 Å². The predicted molar refractivity (Wildman–Crippen MR) is 63.6 cm³/mol. The minimum atomic E-state index is -0.342. The number of carbonyl (C=O) groups excluding carboxylic acids is 1. The topological polar surface area (TPSA) is 58.4 Å². The maximum absolute atomic E-state index is 12.1. The smallest absolute Gasteiger partial charge is 0.257 e. The van der Waals surface area contributed by atoms with Crippen LogP contribution in [0.5, 0.6) is 0 Å². The van der Waals surface area contributed by atoms with Crippen LogP contribution in [0, 0.1) is 5.92 Å². The SMILES string of the molecule is CCn1cc(C(=O)N2CCC(C(C)O)C2)cn1. The van der Waals surface area contributed by atoms with Crippen LogP contribution >= 0.6 is 0 Å². The molecule has 17 heavy (non-hydrogen) atoms. The summed E-state index contributed by atoms with van der Waals surface area (Å²) in [5.41, 5.74) is 0.637. The lowest BCUT2D eigenvalue weighted by Gasteiger charge is -2.16. The number of aryl methyl sites for hydroxylation is 1. The Morgan fingerprint density at radius 1 is 1.71 bits per heavy atom. The average Bonchev–Trinajstić information content (AvgIpc) is 2.97. The number of hydrogen-bond donors (Lipinski definition) is 1. The zero-order chi connectivity index (χ0) is 12.4. The first-order valence-corrected chi connectivity index (χ1v) is 6.11. The van der Waals surface area contributed by atoms with Crippen molar-refractivity contribution in [2.45, 2.75) is 32.9 Å². The molecule has 1 N–H and O–H groups in total. The van der Waals surface area contributed by atoms with Gasteiger partial charge in [0.2, 0.25) is 0 Å². The number of amides is 1. The zero-order valence-corrected chi connectivity index (χ0v) is 10.3. The largest absolute Gasteiger partial charge is 0.393 e. The van der Waals surface area contributed by atoms with E-state index in [9.17, 15) is 9.90 Å². The van der Waals surface area contributed by atoms with Gasteiger partial charge >= 0.3 is 0 Å². The van der Waals surface area contributed by atoms with E-state index >= 15 is 0 Å². The van der Waals surface area contributed by atoms with Crippen LogP contribution in [0.25, 0.3) is 0 Å². The Bertz CT molecular complexity index is 400. The van der Waals surface area contributed by atoms with E-state index in [2.05, 4.69) is 5.10 Å². The van der Waals surface area contributed by atoms with E-state index in [1.165, 1.54) is 0 Å². The van der Waals surface area contributed by atoms with E-state index in [-0.39, 0.29) is 17.9 Å². The Morgan fingerprint density at radius 3 is 3.00 bits per heavy atom. The number of aliphatic hydroxyl groups excluding tert-OH is 1. The van der Waals surface area contributed by atoms with Crippen LogP contribution in [0.1, 0.15) is 30.6 Å². The molecule has 0 spiro atoms. The highest BCUT2D eigenvalue weighted by atomic mass is 16.3. The molecule has 5 nitrogen and oxygen atoms in total. The van der Waals surface area contributed by atoms with Crippen molar-refractivity contribution in [1.82, 2.24) is 14.7 Å². The molecule has 5 heteroatoms. The van der Waals surface area contributed by atoms with Crippen LogP contribution in [0.3, 0.4) is 0 Å². The molecule has 94 valence electrons. The van der Waals surface area contributed by atoms with E-state index in [0.29, 0.717) is 12.1 Å². The second kappa shape index (κ2) is 4.87. The molecule has 1 saturated heterocycles. The first-order valence-electron chi connectivity index (χ1n) is 6.11. The summed E-state index contributed by atoms with van der Waals surface area (Å²) in [6.45, 7) is 5.91. The Balaban J connectivity index is 2.01. The van der Waals surface area contributed by atoms with Crippen molar-refractivity contribution < 1.29 is 9.90 Å². The molecule has 1 aliphatic heterocycles. The number of carbonyl (C=O) groups is 1. The normalized spacial score (nSPS) is 21.8. The van der Waals surface area contributed by atoms with E-state index in [1.807, 2.05) is 6.92 Å².